The van der Waals surface area contributed by atoms with Crippen molar-refractivity contribution >= 4 is 29.2 Å². The van der Waals surface area contributed by atoms with Gasteiger partial charge in [0.2, 0.25) is 0 Å². The van der Waals surface area contributed by atoms with Gasteiger partial charge < -0.3 is 22.1 Å². The molecular formula is C19H27N5OS. The molecule has 0 aliphatic carbocycles. The molecule has 1 amide bonds. The van der Waals surface area contributed by atoms with E-state index in [4.69, 9.17) is 11.5 Å². The number of rotatable bonds is 3. The van der Waals surface area contributed by atoms with Crippen molar-refractivity contribution in [3.05, 3.63) is 34.4 Å². The number of hydrogen-bond donors (Lipinski definition) is 4. The van der Waals surface area contributed by atoms with Crippen LogP contribution in [0.3, 0.4) is 0 Å². The first-order valence-corrected chi connectivity index (χ1v) is 9.75. The van der Waals surface area contributed by atoms with E-state index >= 15 is 0 Å². The van der Waals surface area contributed by atoms with Crippen molar-refractivity contribution in [1.29, 1.82) is 0 Å². The van der Waals surface area contributed by atoms with Gasteiger partial charge in [-0.25, -0.2) is 0 Å². The van der Waals surface area contributed by atoms with Crippen molar-refractivity contribution in [1.82, 2.24) is 5.32 Å². The molecule has 0 spiro atoms. The van der Waals surface area contributed by atoms with Crippen LogP contribution in [-0.2, 0) is 10.2 Å². The van der Waals surface area contributed by atoms with Gasteiger partial charge >= 0.3 is 0 Å². The van der Waals surface area contributed by atoms with Gasteiger partial charge in [0.1, 0.15) is 11.4 Å². The molecule has 1 aromatic carbocycles. The number of nitrogens with zero attached hydrogens (tertiary/aromatic N) is 1. The number of nitrogens with two attached hydrogens (primary N) is 2. The second-order valence-electron chi connectivity index (χ2n) is 7.77. The zero-order valence-corrected chi connectivity index (χ0v) is 16.4. The highest BCUT2D eigenvalue weighted by Gasteiger charge is 2.26. The minimum atomic E-state index is -0.561. The molecule has 0 unspecified atom stereocenters. The Morgan fingerprint density at radius 1 is 1.31 bits per heavy atom. The third-order valence-corrected chi connectivity index (χ3v) is 5.71. The molecule has 26 heavy (non-hydrogen) atoms. The number of hydrogen-bond acceptors (Lipinski definition) is 5. The number of aliphatic imine (C=N–C) groups is 1. The molecule has 0 radical (unpaired) electrons. The van der Waals surface area contributed by atoms with Crippen LogP contribution in [0.15, 0.2) is 38.7 Å². The zero-order chi connectivity index (χ0) is 18.9. The number of carbonyl (C=O) groups excluding carboxylic acids is 1. The zero-order valence-electron chi connectivity index (χ0n) is 15.6. The predicted molar refractivity (Wildman–Crippen MR) is 108 cm³/mol. The summed E-state index contributed by atoms with van der Waals surface area (Å²) in [5.41, 5.74) is 14.3. The van der Waals surface area contributed by atoms with Crippen LogP contribution in [0.2, 0.25) is 0 Å². The molecule has 1 atom stereocenters. The first kappa shape index (κ1) is 18.8. The van der Waals surface area contributed by atoms with Crippen molar-refractivity contribution in [3.8, 4) is 0 Å². The van der Waals surface area contributed by atoms with Gasteiger partial charge in [-0.15, -0.1) is 0 Å². The lowest BCUT2D eigenvalue weighted by Crippen LogP contribution is -2.36. The number of fused-ring (bicyclic) bond motifs is 1. The van der Waals surface area contributed by atoms with Crippen molar-refractivity contribution in [2.45, 2.75) is 50.0 Å². The standard InChI is InChI=1S/C19H27N5OS/c1-19(2,3)11-6-7-14-13(9-11)24-18(26-14)15(17(21)25)16(20)23-12-5-4-8-22-10-12/h6-7,9,12,22,24H,4-5,8,10H2,1-3H3,(H2,20,23)(H2,21,25)/t12-/m1/s1. The minimum absolute atomic E-state index is 0.0504. The summed E-state index contributed by atoms with van der Waals surface area (Å²) in [6.45, 7) is 8.29. The van der Waals surface area contributed by atoms with E-state index in [1.54, 1.807) is 0 Å². The lowest BCUT2D eigenvalue weighted by atomic mass is 9.87. The molecule has 1 aromatic rings. The molecule has 2 aliphatic heterocycles. The van der Waals surface area contributed by atoms with Gasteiger partial charge in [-0.1, -0.05) is 38.6 Å². The SMILES string of the molecule is CC(C)(C)c1ccc2c(c1)NC(=C(C(N)=O)C(N)=N[C@@H]1CCCNC1)S2. The molecule has 0 aromatic heterocycles. The van der Waals surface area contributed by atoms with E-state index in [-0.39, 0.29) is 22.9 Å². The van der Waals surface area contributed by atoms with E-state index in [0.717, 1.165) is 36.5 Å². The third-order valence-electron chi connectivity index (χ3n) is 4.63. The normalized spacial score (nSPS) is 22.6. The van der Waals surface area contributed by atoms with Crippen molar-refractivity contribution in [2.75, 3.05) is 18.4 Å². The number of anilines is 1. The second-order valence-corrected chi connectivity index (χ2v) is 8.82. The Kier molecular flexibility index (Phi) is 5.29. The second kappa shape index (κ2) is 7.32. The number of thioether (sulfide) groups is 1. The van der Waals surface area contributed by atoms with Crippen LogP contribution in [0.4, 0.5) is 5.69 Å². The van der Waals surface area contributed by atoms with Gasteiger partial charge in [-0.2, -0.15) is 0 Å². The Bertz CT molecular complexity index is 773. The molecule has 7 heteroatoms. The average molecular weight is 374 g/mol. The number of amides is 1. The summed E-state index contributed by atoms with van der Waals surface area (Å²) in [5, 5.41) is 7.26. The third kappa shape index (κ3) is 4.04. The topological polar surface area (TPSA) is 106 Å². The van der Waals surface area contributed by atoms with Crippen LogP contribution in [0.5, 0.6) is 0 Å². The number of piperidine rings is 1. The molecule has 0 saturated carbocycles. The van der Waals surface area contributed by atoms with Gasteiger partial charge in [-0.05, 0) is 42.5 Å². The Morgan fingerprint density at radius 2 is 2.08 bits per heavy atom. The van der Waals surface area contributed by atoms with Gasteiger partial charge in [0.05, 0.1) is 16.8 Å². The maximum absolute atomic E-state index is 12.1. The number of nitrogens with one attached hydrogen (secondary N) is 2. The molecule has 140 valence electrons. The van der Waals surface area contributed by atoms with Crippen LogP contribution in [0.1, 0.15) is 39.2 Å². The highest BCUT2D eigenvalue weighted by molar-refractivity contribution is 8.03. The Hall–Kier alpha value is -1.99. The summed E-state index contributed by atoms with van der Waals surface area (Å²) in [7, 11) is 0. The highest BCUT2D eigenvalue weighted by Crippen LogP contribution is 2.43. The number of carbonyl (C=O) groups is 1. The van der Waals surface area contributed by atoms with E-state index in [1.807, 2.05) is 0 Å². The summed E-state index contributed by atoms with van der Waals surface area (Å²) in [6.07, 6.45) is 2.02. The van der Waals surface area contributed by atoms with Crippen LogP contribution in [0.25, 0.3) is 0 Å². The maximum Gasteiger partial charge on any atom is 0.255 e. The van der Waals surface area contributed by atoms with E-state index in [0.29, 0.717) is 5.03 Å². The fourth-order valence-corrected chi connectivity index (χ4v) is 4.16. The van der Waals surface area contributed by atoms with E-state index in [1.165, 1.54) is 17.3 Å². The molecule has 6 nitrogen and oxygen atoms in total. The molecule has 3 rings (SSSR count). The number of benzene rings is 1. The molecule has 6 N–H and O–H groups in total. The minimum Gasteiger partial charge on any atom is -0.383 e. The lowest BCUT2D eigenvalue weighted by molar-refractivity contribution is -0.114. The monoisotopic (exact) mass is 373 g/mol. The van der Waals surface area contributed by atoms with Gasteiger partial charge in [-0.3, -0.25) is 9.79 Å². The average Bonchev–Trinajstić information content (AvgIpc) is 2.96. The first-order valence-electron chi connectivity index (χ1n) is 8.93. The molecule has 2 aliphatic rings. The van der Waals surface area contributed by atoms with Crippen LogP contribution < -0.4 is 22.1 Å². The summed E-state index contributed by atoms with van der Waals surface area (Å²) >= 11 is 1.47. The summed E-state index contributed by atoms with van der Waals surface area (Å²) in [6, 6.07) is 6.38. The highest BCUT2D eigenvalue weighted by atomic mass is 32.2. The van der Waals surface area contributed by atoms with Crippen LogP contribution in [0, 0.1) is 0 Å². The smallest absolute Gasteiger partial charge is 0.255 e. The summed E-state index contributed by atoms with van der Waals surface area (Å²) < 4.78 is 0. The molecule has 1 fully saturated rings. The molecule has 2 heterocycles. The van der Waals surface area contributed by atoms with Crippen LogP contribution in [-0.4, -0.2) is 30.9 Å². The number of amidine groups is 1. The summed E-state index contributed by atoms with van der Waals surface area (Å²) in [5.74, 6) is -0.348. The lowest BCUT2D eigenvalue weighted by Gasteiger charge is -2.20. The Labute approximate surface area is 158 Å². The Morgan fingerprint density at radius 3 is 2.69 bits per heavy atom. The maximum atomic E-state index is 12.1. The van der Waals surface area contributed by atoms with E-state index < -0.39 is 5.91 Å². The predicted octanol–water partition coefficient (Wildman–Crippen LogP) is 2.31. The van der Waals surface area contributed by atoms with E-state index in [9.17, 15) is 4.79 Å². The number of primary amides is 1. The summed E-state index contributed by atoms with van der Waals surface area (Å²) in [4.78, 5) is 17.7. The quantitative estimate of drug-likeness (QED) is 0.370. The molecule has 0 bridgehead atoms. The fourth-order valence-electron chi connectivity index (χ4n) is 3.11. The van der Waals surface area contributed by atoms with E-state index in [2.05, 4.69) is 54.6 Å². The van der Waals surface area contributed by atoms with Gasteiger partial charge in [0.15, 0.2) is 0 Å². The molecule has 1 saturated heterocycles. The van der Waals surface area contributed by atoms with Crippen molar-refractivity contribution < 1.29 is 4.79 Å². The van der Waals surface area contributed by atoms with Gasteiger partial charge in [0, 0.05) is 11.4 Å². The van der Waals surface area contributed by atoms with Crippen LogP contribution >= 0.6 is 11.8 Å². The largest absolute Gasteiger partial charge is 0.383 e. The molecular weight excluding hydrogens is 346 g/mol. The Balaban J connectivity index is 1.91. The van der Waals surface area contributed by atoms with Crippen molar-refractivity contribution in [3.63, 3.8) is 0 Å². The van der Waals surface area contributed by atoms with Gasteiger partial charge in [0.25, 0.3) is 5.91 Å². The fraction of sp³-hybridized carbons (Fsp3) is 0.474. The first-order chi connectivity index (χ1) is 12.3. The van der Waals surface area contributed by atoms with Crippen molar-refractivity contribution in [2.24, 2.45) is 16.5 Å².